The number of aromatic nitrogens is 3. The van der Waals surface area contributed by atoms with E-state index in [1.807, 2.05) is 27.6 Å². The Morgan fingerprint density at radius 3 is 1.91 bits per heavy atom. The number of nitrogens with one attached hydrogen (secondary N) is 1. The van der Waals surface area contributed by atoms with Gasteiger partial charge >= 0.3 is 30.5 Å². The molecule has 0 bridgehead atoms. The van der Waals surface area contributed by atoms with E-state index < -0.39 is 42.1 Å². The summed E-state index contributed by atoms with van der Waals surface area (Å²) in [5.41, 5.74) is 0.398. The fourth-order valence-electron chi connectivity index (χ4n) is 3.14. The third kappa shape index (κ3) is 10.3. The predicted molar refractivity (Wildman–Crippen MR) is 126 cm³/mol. The summed E-state index contributed by atoms with van der Waals surface area (Å²) in [5.74, 6) is -5.27. The van der Waals surface area contributed by atoms with E-state index in [4.69, 9.17) is 24.5 Å². The second-order valence-electron chi connectivity index (χ2n) is 8.15. The number of alkyl halides is 9. The molecule has 1 fully saturated rings. The molecule has 0 aliphatic carbocycles. The number of hydrogen-bond donors (Lipinski definition) is 3. The largest absolute Gasteiger partial charge is 0.490 e. The van der Waals surface area contributed by atoms with Crippen LogP contribution in [0.15, 0.2) is 42.7 Å². The Morgan fingerprint density at radius 2 is 1.44 bits per heavy atom. The molecule has 236 valence electrons. The van der Waals surface area contributed by atoms with Crippen molar-refractivity contribution in [1.29, 1.82) is 0 Å². The van der Waals surface area contributed by atoms with Gasteiger partial charge in [-0.05, 0) is 23.8 Å². The number of halogens is 9. The van der Waals surface area contributed by atoms with E-state index >= 15 is 0 Å². The number of amides is 1. The van der Waals surface area contributed by atoms with Crippen LogP contribution in [0.4, 0.5) is 45.5 Å². The van der Waals surface area contributed by atoms with Crippen molar-refractivity contribution < 1.29 is 68.8 Å². The number of nitrogens with zero attached hydrogens (tertiary/aromatic N) is 4. The summed E-state index contributed by atoms with van der Waals surface area (Å²) >= 11 is 0. The van der Waals surface area contributed by atoms with Crippen molar-refractivity contribution in [3.05, 3.63) is 59.7 Å². The van der Waals surface area contributed by atoms with E-state index in [-0.39, 0.29) is 12.2 Å². The summed E-state index contributed by atoms with van der Waals surface area (Å²) in [6.45, 7) is 2.57. The Kier molecular flexibility index (Phi) is 11.3. The van der Waals surface area contributed by atoms with Crippen LogP contribution in [0, 0.1) is 0 Å². The lowest BCUT2D eigenvalue weighted by Crippen LogP contribution is -2.37. The molecule has 1 amide bonds. The van der Waals surface area contributed by atoms with Gasteiger partial charge in [0.25, 0.3) is 5.91 Å². The Balaban J connectivity index is 0.000000384. The molecule has 1 aliphatic heterocycles. The molecule has 3 aromatic heterocycles. The molecule has 0 aromatic carbocycles. The fourth-order valence-corrected chi connectivity index (χ4v) is 3.14. The molecule has 1 saturated heterocycles. The number of hydrogen-bond acceptors (Lipinski definition) is 7. The quantitative estimate of drug-likeness (QED) is 0.366. The minimum absolute atomic E-state index is 0.0444. The highest BCUT2D eigenvalue weighted by atomic mass is 19.4. The van der Waals surface area contributed by atoms with Gasteiger partial charge in [-0.25, -0.2) is 14.6 Å². The third-order valence-electron chi connectivity index (χ3n) is 5.09. The van der Waals surface area contributed by atoms with E-state index in [1.165, 1.54) is 6.07 Å². The first-order valence-electron chi connectivity index (χ1n) is 11.5. The molecule has 4 rings (SSSR count). The van der Waals surface area contributed by atoms with Gasteiger partial charge in [0.1, 0.15) is 5.69 Å². The SMILES string of the molecule is O=C(NCc1ccc(C(F)(F)F)nc1)c1nc(N2CCOCC2)n2ccccc12.O=C(O)C(F)(F)F.O=C(O)C(F)(F)F. The van der Waals surface area contributed by atoms with Gasteiger partial charge in [0, 0.05) is 32.0 Å². The highest BCUT2D eigenvalue weighted by Crippen LogP contribution is 2.27. The number of aliphatic carboxylic acids is 2. The van der Waals surface area contributed by atoms with Gasteiger partial charge in [-0.1, -0.05) is 12.1 Å². The summed E-state index contributed by atoms with van der Waals surface area (Å²) in [6, 6.07) is 7.65. The summed E-state index contributed by atoms with van der Waals surface area (Å²) in [5, 5.41) is 17.0. The first-order chi connectivity index (χ1) is 19.8. The van der Waals surface area contributed by atoms with Crippen LogP contribution in [-0.4, -0.2) is 81.1 Å². The van der Waals surface area contributed by atoms with Crippen molar-refractivity contribution in [1.82, 2.24) is 19.7 Å². The lowest BCUT2D eigenvalue weighted by molar-refractivity contribution is -0.193. The summed E-state index contributed by atoms with van der Waals surface area (Å²) < 4.78 is 109. The van der Waals surface area contributed by atoms with Crippen molar-refractivity contribution in [2.24, 2.45) is 0 Å². The minimum atomic E-state index is -5.08. The molecule has 20 heteroatoms. The average Bonchev–Trinajstić information content (AvgIpc) is 3.31. The number of morpholine rings is 1. The first-order valence-corrected chi connectivity index (χ1v) is 11.5. The highest BCUT2D eigenvalue weighted by Gasteiger charge is 2.39. The summed E-state index contributed by atoms with van der Waals surface area (Å²) in [7, 11) is 0. The number of anilines is 1. The lowest BCUT2D eigenvalue weighted by Gasteiger charge is -2.27. The molecule has 0 spiro atoms. The van der Waals surface area contributed by atoms with E-state index in [2.05, 4.69) is 15.3 Å². The highest BCUT2D eigenvalue weighted by molar-refractivity contribution is 5.99. The van der Waals surface area contributed by atoms with Gasteiger partial charge in [-0.3, -0.25) is 14.2 Å². The van der Waals surface area contributed by atoms with Gasteiger partial charge in [-0.15, -0.1) is 0 Å². The van der Waals surface area contributed by atoms with Gasteiger partial charge < -0.3 is 25.2 Å². The monoisotopic (exact) mass is 633 g/mol. The van der Waals surface area contributed by atoms with Crippen molar-refractivity contribution in [2.45, 2.75) is 25.1 Å². The van der Waals surface area contributed by atoms with Crippen LogP contribution in [0.3, 0.4) is 0 Å². The topological polar surface area (TPSA) is 146 Å². The Hall–Kier alpha value is -4.62. The van der Waals surface area contributed by atoms with Gasteiger partial charge in [-0.2, -0.15) is 39.5 Å². The molecule has 11 nitrogen and oxygen atoms in total. The van der Waals surface area contributed by atoms with Gasteiger partial charge in [0.15, 0.2) is 5.69 Å². The third-order valence-corrected chi connectivity index (χ3v) is 5.09. The van der Waals surface area contributed by atoms with Crippen molar-refractivity contribution in [2.75, 3.05) is 31.2 Å². The molecule has 0 radical (unpaired) electrons. The lowest BCUT2D eigenvalue weighted by atomic mass is 10.2. The van der Waals surface area contributed by atoms with Crippen LogP contribution in [0.1, 0.15) is 21.7 Å². The standard InChI is InChI=1S/C19H18F3N5O2.2C2HF3O2/c20-19(21,22)15-5-4-13(11-23-15)12-24-17(28)16-14-3-1-2-6-27(14)18(25-16)26-7-9-29-10-8-26;2*3-2(4,5)1(6)7/h1-6,11H,7-10,12H2,(H,24,28);2*(H,6,7). The smallest absolute Gasteiger partial charge is 0.475 e. The average molecular weight is 633 g/mol. The molecular formula is C23H20F9N5O6. The molecule has 3 N–H and O–H groups in total. The number of carboxylic acids is 2. The Bertz CT molecular complexity index is 1380. The fraction of sp³-hybridized carbons (Fsp3) is 0.348. The Labute approximate surface area is 234 Å². The molecule has 3 aromatic rings. The number of carboxylic acid groups (broad SMARTS) is 2. The second-order valence-corrected chi connectivity index (χ2v) is 8.15. The zero-order valence-electron chi connectivity index (χ0n) is 21.3. The van der Waals surface area contributed by atoms with E-state index in [0.29, 0.717) is 43.3 Å². The number of fused-ring (bicyclic) bond motifs is 1. The zero-order valence-corrected chi connectivity index (χ0v) is 21.3. The van der Waals surface area contributed by atoms with Gasteiger partial charge in [0.2, 0.25) is 5.95 Å². The zero-order chi connectivity index (χ0) is 32.6. The van der Waals surface area contributed by atoms with Crippen LogP contribution in [0.2, 0.25) is 0 Å². The number of carbonyl (C=O) groups is 3. The summed E-state index contributed by atoms with van der Waals surface area (Å²) in [4.78, 5) is 40.5. The van der Waals surface area contributed by atoms with Crippen molar-refractivity contribution in [3.8, 4) is 0 Å². The molecule has 0 unspecified atom stereocenters. The van der Waals surface area contributed by atoms with Gasteiger partial charge in [0.05, 0.1) is 18.7 Å². The van der Waals surface area contributed by atoms with Crippen molar-refractivity contribution >= 4 is 29.3 Å². The minimum Gasteiger partial charge on any atom is -0.475 e. The summed E-state index contributed by atoms with van der Waals surface area (Å²) in [6.07, 6.45) is -11.7. The van der Waals surface area contributed by atoms with Crippen molar-refractivity contribution in [3.63, 3.8) is 0 Å². The second kappa shape index (κ2) is 14.0. The predicted octanol–water partition coefficient (Wildman–Crippen LogP) is 3.78. The molecular weight excluding hydrogens is 613 g/mol. The van der Waals surface area contributed by atoms with Crippen LogP contribution in [0.5, 0.6) is 0 Å². The number of carbonyl (C=O) groups excluding carboxylic acids is 1. The molecule has 1 aliphatic rings. The number of imidazole rings is 1. The maximum Gasteiger partial charge on any atom is 0.490 e. The number of rotatable bonds is 4. The van der Waals surface area contributed by atoms with E-state index in [9.17, 15) is 44.3 Å². The number of pyridine rings is 2. The maximum atomic E-state index is 12.7. The van der Waals surface area contributed by atoms with E-state index in [1.54, 1.807) is 6.07 Å². The first kappa shape index (κ1) is 34.6. The van der Waals surface area contributed by atoms with Crippen LogP contribution < -0.4 is 10.2 Å². The molecule has 4 heterocycles. The maximum absolute atomic E-state index is 12.7. The molecule has 0 saturated carbocycles. The van der Waals surface area contributed by atoms with Crippen LogP contribution in [0.25, 0.3) is 5.52 Å². The van der Waals surface area contributed by atoms with Crippen LogP contribution in [-0.2, 0) is 27.0 Å². The number of ether oxygens (including phenoxy) is 1. The van der Waals surface area contributed by atoms with E-state index in [0.717, 1.165) is 12.3 Å². The normalized spacial score (nSPS) is 13.7. The molecule has 43 heavy (non-hydrogen) atoms. The van der Waals surface area contributed by atoms with Crippen LogP contribution >= 0.6 is 0 Å². The Morgan fingerprint density at radius 1 is 0.884 bits per heavy atom. The molecule has 0 atom stereocenters.